The number of pyridine rings is 1. The van der Waals surface area contributed by atoms with Crippen molar-refractivity contribution in [2.24, 2.45) is 0 Å². The summed E-state index contributed by atoms with van der Waals surface area (Å²) in [7, 11) is 1.67. The van der Waals surface area contributed by atoms with E-state index in [0.29, 0.717) is 6.61 Å². The zero-order valence-electron chi connectivity index (χ0n) is 8.28. The van der Waals surface area contributed by atoms with Crippen molar-refractivity contribution in [2.45, 2.75) is 26.6 Å². The molecule has 0 amide bonds. The van der Waals surface area contributed by atoms with E-state index in [9.17, 15) is 0 Å². The van der Waals surface area contributed by atoms with Gasteiger partial charge < -0.3 is 9.47 Å². The van der Waals surface area contributed by atoms with Crippen molar-refractivity contribution in [2.75, 3.05) is 7.11 Å². The molecule has 0 spiro atoms. The van der Waals surface area contributed by atoms with Crippen LogP contribution >= 0.6 is 0 Å². The van der Waals surface area contributed by atoms with Gasteiger partial charge in [0.2, 0.25) is 0 Å². The number of nitrogens with zero attached hydrogens (tertiary/aromatic N) is 1. The topological polar surface area (TPSA) is 31.4 Å². The zero-order valence-corrected chi connectivity index (χ0v) is 8.28. The molecule has 0 aromatic carbocycles. The lowest BCUT2D eigenvalue weighted by atomic mass is 10.2. The molecular formula is C10H15NO2. The number of rotatable bonds is 4. The zero-order chi connectivity index (χ0) is 9.68. The van der Waals surface area contributed by atoms with Crippen LogP contribution in [0, 0.1) is 0 Å². The van der Waals surface area contributed by atoms with Gasteiger partial charge in [-0.15, -0.1) is 0 Å². The van der Waals surface area contributed by atoms with E-state index in [-0.39, 0.29) is 6.10 Å². The molecule has 1 aromatic heterocycles. The Morgan fingerprint density at radius 1 is 1.46 bits per heavy atom. The summed E-state index contributed by atoms with van der Waals surface area (Å²) in [6, 6.07) is 1.90. The lowest BCUT2D eigenvalue weighted by molar-refractivity contribution is 0.174. The van der Waals surface area contributed by atoms with Gasteiger partial charge in [0.1, 0.15) is 5.75 Å². The first-order valence-electron chi connectivity index (χ1n) is 4.32. The summed E-state index contributed by atoms with van der Waals surface area (Å²) >= 11 is 0. The van der Waals surface area contributed by atoms with Crippen molar-refractivity contribution in [3.8, 4) is 5.75 Å². The number of hydrogen-bond acceptors (Lipinski definition) is 3. The number of methoxy groups -OCH3 is 1. The second kappa shape index (κ2) is 4.82. The Hall–Kier alpha value is -1.09. The maximum Gasteiger partial charge on any atom is 0.143 e. The maximum absolute atomic E-state index is 5.56. The fourth-order valence-corrected chi connectivity index (χ4v) is 1.04. The van der Waals surface area contributed by atoms with E-state index in [0.717, 1.165) is 11.3 Å². The Labute approximate surface area is 78.7 Å². The van der Waals surface area contributed by atoms with E-state index in [1.54, 1.807) is 19.5 Å². The molecule has 1 aromatic rings. The van der Waals surface area contributed by atoms with Gasteiger partial charge in [0.05, 0.1) is 18.9 Å². The van der Waals surface area contributed by atoms with Crippen molar-refractivity contribution in [3.63, 3.8) is 0 Å². The van der Waals surface area contributed by atoms with Crippen LogP contribution in [0.1, 0.15) is 19.4 Å². The normalized spacial score (nSPS) is 10.5. The standard InChI is InChI=1S/C10H15NO2/c1-8(2)13-10-6-11-5-4-9(10)7-12-3/h4-6,8H,7H2,1-3H3. The summed E-state index contributed by atoms with van der Waals surface area (Å²) in [4.78, 5) is 4.00. The number of ether oxygens (including phenoxy) is 2. The van der Waals surface area contributed by atoms with Gasteiger partial charge in [0.25, 0.3) is 0 Å². The number of aromatic nitrogens is 1. The molecule has 1 heterocycles. The molecule has 3 heteroatoms. The minimum absolute atomic E-state index is 0.166. The largest absolute Gasteiger partial charge is 0.489 e. The molecule has 0 radical (unpaired) electrons. The van der Waals surface area contributed by atoms with E-state index in [4.69, 9.17) is 9.47 Å². The molecule has 0 unspecified atom stereocenters. The summed E-state index contributed by atoms with van der Waals surface area (Å²) in [6.45, 7) is 4.54. The monoisotopic (exact) mass is 181 g/mol. The van der Waals surface area contributed by atoms with Gasteiger partial charge in [0, 0.05) is 18.9 Å². The highest BCUT2D eigenvalue weighted by atomic mass is 16.5. The van der Waals surface area contributed by atoms with Crippen LogP contribution in [-0.2, 0) is 11.3 Å². The van der Waals surface area contributed by atoms with E-state index in [2.05, 4.69) is 4.98 Å². The molecule has 1 rings (SSSR count). The Morgan fingerprint density at radius 3 is 2.85 bits per heavy atom. The third-order valence-corrected chi connectivity index (χ3v) is 1.53. The molecule has 0 bridgehead atoms. The van der Waals surface area contributed by atoms with Gasteiger partial charge in [-0.05, 0) is 19.9 Å². The van der Waals surface area contributed by atoms with Crippen LogP contribution in [0.4, 0.5) is 0 Å². The quantitative estimate of drug-likeness (QED) is 0.712. The van der Waals surface area contributed by atoms with Crippen molar-refractivity contribution < 1.29 is 9.47 Å². The second-order valence-electron chi connectivity index (χ2n) is 3.08. The summed E-state index contributed by atoms with van der Waals surface area (Å²) < 4.78 is 10.6. The third-order valence-electron chi connectivity index (χ3n) is 1.53. The fraction of sp³-hybridized carbons (Fsp3) is 0.500. The molecule has 0 aliphatic carbocycles. The van der Waals surface area contributed by atoms with Gasteiger partial charge in [-0.2, -0.15) is 0 Å². The van der Waals surface area contributed by atoms with Gasteiger partial charge in [-0.1, -0.05) is 0 Å². The highest BCUT2D eigenvalue weighted by molar-refractivity contribution is 5.29. The summed E-state index contributed by atoms with van der Waals surface area (Å²) in [6.07, 6.45) is 3.62. The van der Waals surface area contributed by atoms with E-state index >= 15 is 0 Å². The average molecular weight is 181 g/mol. The Balaban J connectivity index is 2.78. The van der Waals surface area contributed by atoms with Gasteiger partial charge in [-0.25, -0.2) is 0 Å². The predicted molar refractivity (Wildman–Crippen MR) is 50.7 cm³/mol. The van der Waals surface area contributed by atoms with E-state index < -0.39 is 0 Å². The molecule has 72 valence electrons. The molecule has 0 atom stereocenters. The predicted octanol–water partition coefficient (Wildman–Crippen LogP) is 2.02. The van der Waals surface area contributed by atoms with Crippen LogP contribution in [0.25, 0.3) is 0 Å². The first-order chi connectivity index (χ1) is 6.24. The Kier molecular flexibility index (Phi) is 3.71. The lowest BCUT2D eigenvalue weighted by Gasteiger charge is -2.12. The third kappa shape index (κ3) is 3.03. The van der Waals surface area contributed by atoms with Crippen LogP contribution in [0.3, 0.4) is 0 Å². The van der Waals surface area contributed by atoms with Crippen LogP contribution in [-0.4, -0.2) is 18.2 Å². The molecule has 0 aliphatic rings. The van der Waals surface area contributed by atoms with Crippen molar-refractivity contribution in [3.05, 3.63) is 24.0 Å². The van der Waals surface area contributed by atoms with Gasteiger partial charge >= 0.3 is 0 Å². The van der Waals surface area contributed by atoms with E-state index in [1.165, 1.54) is 0 Å². The average Bonchev–Trinajstić information content (AvgIpc) is 2.08. The maximum atomic E-state index is 5.56. The van der Waals surface area contributed by atoms with Crippen molar-refractivity contribution in [1.29, 1.82) is 0 Å². The molecule has 13 heavy (non-hydrogen) atoms. The fourth-order valence-electron chi connectivity index (χ4n) is 1.04. The minimum atomic E-state index is 0.166. The van der Waals surface area contributed by atoms with E-state index in [1.807, 2.05) is 19.9 Å². The highest BCUT2D eigenvalue weighted by Crippen LogP contribution is 2.18. The first-order valence-corrected chi connectivity index (χ1v) is 4.32. The smallest absolute Gasteiger partial charge is 0.143 e. The Bertz CT molecular complexity index is 261. The van der Waals surface area contributed by atoms with Crippen LogP contribution in [0.5, 0.6) is 5.75 Å². The molecule has 3 nitrogen and oxygen atoms in total. The summed E-state index contributed by atoms with van der Waals surface area (Å²) in [5, 5.41) is 0. The summed E-state index contributed by atoms with van der Waals surface area (Å²) in [5.74, 6) is 0.805. The molecule has 0 fully saturated rings. The number of hydrogen-bond donors (Lipinski definition) is 0. The van der Waals surface area contributed by atoms with Gasteiger partial charge in [-0.3, -0.25) is 4.98 Å². The molecule has 0 N–H and O–H groups in total. The molecule has 0 aliphatic heterocycles. The lowest BCUT2D eigenvalue weighted by Crippen LogP contribution is -2.08. The molecule has 0 saturated heterocycles. The molecule has 0 saturated carbocycles. The Morgan fingerprint density at radius 2 is 2.23 bits per heavy atom. The van der Waals surface area contributed by atoms with Gasteiger partial charge in [0.15, 0.2) is 0 Å². The van der Waals surface area contributed by atoms with Crippen molar-refractivity contribution in [1.82, 2.24) is 4.98 Å². The second-order valence-corrected chi connectivity index (χ2v) is 3.08. The first kappa shape index (κ1) is 9.99. The SMILES string of the molecule is COCc1ccncc1OC(C)C. The van der Waals surface area contributed by atoms with Crippen LogP contribution in [0.2, 0.25) is 0 Å². The van der Waals surface area contributed by atoms with Crippen LogP contribution in [0.15, 0.2) is 18.5 Å². The van der Waals surface area contributed by atoms with Crippen LogP contribution < -0.4 is 4.74 Å². The minimum Gasteiger partial charge on any atom is -0.489 e. The summed E-state index contributed by atoms with van der Waals surface area (Å²) in [5.41, 5.74) is 1.03. The highest BCUT2D eigenvalue weighted by Gasteiger charge is 2.04. The van der Waals surface area contributed by atoms with Crippen molar-refractivity contribution >= 4 is 0 Å². The molecular weight excluding hydrogens is 166 g/mol.